The average Bonchev–Trinajstić information content (AvgIpc) is 2.59. The first kappa shape index (κ1) is 20.1. The first-order chi connectivity index (χ1) is 12.3. The molecule has 6 heteroatoms. The summed E-state index contributed by atoms with van der Waals surface area (Å²) >= 11 is 6.10. The van der Waals surface area contributed by atoms with Crippen LogP contribution >= 0.6 is 11.6 Å². The zero-order chi connectivity index (χ0) is 19.3. The SMILES string of the molecule is COc1cc(C)c(CN(C)CC(=O)Nc2ccc(C)c(Cl)c2)cc1OC. The van der Waals surface area contributed by atoms with Gasteiger partial charge in [0.05, 0.1) is 20.8 Å². The molecule has 2 aromatic carbocycles. The highest BCUT2D eigenvalue weighted by Gasteiger charge is 2.13. The average molecular weight is 377 g/mol. The van der Waals surface area contributed by atoms with Crippen LogP contribution in [-0.4, -0.2) is 38.6 Å². The number of carbonyl (C=O) groups is 1. The molecule has 0 aliphatic rings. The van der Waals surface area contributed by atoms with Crippen molar-refractivity contribution in [3.63, 3.8) is 0 Å². The molecule has 0 atom stereocenters. The Morgan fingerprint density at radius 1 is 1.08 bits per heavy atom. The molecule has 0 unspecified atom stereocenters. The minimum absolute atomic E-state index is 0.0921. The molecule has 0 saturated heterocycles. The zero-order valence-electron chi connectivity index (χ0n) is 15.9. The van der Waals surface area contributed by atoms with E-state index in [0.29, 0.717) is 28.8 Å². The van der Waals surface area contributed by atoms with Gasteiger partial charge in [0.15, 0.2) is 11.5 Å². The lowest BCUT2D eigenvalue weighted by atomic mass is 10.1. The van der Waals surface area contributed by atoms with E-state index in [1.807, 2.05) is 50.1 Å². The van der Waals surface area contributed by atoms with Crippen molar-refractivity contribution in [1.82, 2.24) is 4.90 Å². The van der Waals surface area contributed by atoms with Crippen LogP contribution in [-0.2, 0) is 11.3 Å². The molecule has 0 radical (unpaired) electrons. The van der Waals surface area contributed by atoms with Crippen molar-refractivity contribution < 1.29 is 14.3 Å². The summed E-state index contributed by atoms with van der Waals surface area (Å²) in [6.45, 7) is 4.82. The van der Waals surface area contributed by atoms with Gasteiger partial charge in [0.1, 0.15) is 0 Å². The monoisotopic (exact) mass is 376 g/mol. The second-order valence-electron chi connectivity index (χ2n) is 6.32. The van der Waals surface area contributed by atoms with Gasteiger partial charge in [0.2, 0.25) is 5.91 Å². The lowest BCUT2D eigenvalue weighted by Gasteiger charge is -2.19. The Kier molecular flexibility index (Phi) is 6.89. The molecule has 2 rings (SSSR count). The van der Waals surface area contributed by atoms with E-state index in [2.05, 4.69) is 5.32 Å². The third-order valence-electron chi connectivity index (χ3n) is 4.15. The Balaban J connectivity index is 2.00. The van der Waals surface area contributed by atoms with E-state index >= 15 is 0 Å². The van der Waals surface area contributed by atoms with E-state index in [4.69, 9.17) is 21.1 Å². The van der Waals surface area contributed by atoms with Gasteiger partial charge in [-0.1, -0.05) is 17.7 Å². The fraction of sp³-hybridized carbons (Fsp3) is 0.350. The Morgan fingerprint density at radius 2 is 1.73 bits per heavy atom. The van der Waals surface area contributed by atoms with Gasteiger partial charge < -0.3 is 14.8 Å². The molecule has 0 aliphatic carbocycles. The van der Waals surface area contributed by atoms with Gasteiger partial charge in [0, 0.05) is 17.3 Å². The van der Waals surface area contributed by atoms with Gasteiger partial charge in [-0.2, -0.15) is 0 Å². The highest BCUT2D eigenvalue weighted by atomic mass is 35.5. The summed E-state index contributed by atoms with van der Waals surface area (Å²) in [6.07, 6.45) is 0. The van der Waals surface area contributed by atoms with Gasteiger partial charge in [-0.25, -0.2) is 0 Å². The number of carbonyl (C=O) groups excluding carboxylic acids is 1. The summed E-state index contributed by atoms with van der Waals surface area (Å²) in [5.74, 6) is 1.29. The van der Waals surface area contributed by atoms with Crippen molar-refractivity contribution >= 4 is 23.2 Å². The molecule has 140 valence electrons. The Bertz CT molecular complexity index is 793. The van der Waals surface area contributed by atoms with Gasteiger partial charge in [-0.05, 0) is 61.9 Å². The Hall–Kier alpha value is -2.24. The normalized spacial score (nSPS) is 10.7. The van der Waals surface area contributed by atoms with Crippen molar-refractivity contribution in [3.05, 3.63) is 52.0 Å². The van der Waals surface area contributed by atoms with E-state index in [9.17, 15) is 4.79 Å². The lowest BCUT2D eigenvalue weighted by Crippen LogP contribution is -2.30. The molecule has 26 heavy (non-hydrogen) atoms. The Morgan fingerprint density at radius 3 is 2.35 bits per heavy atom. The molecule has 1 N–H and O–H groups in total. The minimum Gasteiger partial charge on any atom is -0.493 e. The number of nitrogens with zero attached hydrogens (tertiary/aromatic N) is 1. The van der Waals surface area contributed by atoms with Gasteiger partial charge in [-0.15, -0.1) is 0 Å². The van der Waals surface area contributed by atoms with Gasteiger partial charge in [-0.3, -0.25) is 9.69 Å². The maximum absolute atomic E-state index is 12.3. The van der Waals surface area contributed by atoms with E-state index in [0.717, 1.165) is 16.7 Å². The quantitative estimate of drug-likeness (QED) is 0.792. The van der Waals surface area contributed by atoms with E-state index in [1.165, 1.54) is 0 Å². The van der Waals surface area contributed by atoms with Crippen LogP contribution in [0.15, 0.2) is 30.3 Å². The summed E-state index contributed by atoms with van der Waals surface area (Å²) in [6, 6.07) is 9.37. The van der Waals surface area contributed by atoms with Gasteiger partial charge >= 0.3 is 0 Å². The second-order valence-corrected chi connectivity index (χ2v) is 6.73. The number of hydrogen-bond donors (Lipinski definition) is 1. The largest absolute Gasteiger partial charge is 0.493 e. The summed E-state index contributed by atoms with van der Waals surface area (Å²) in [5, 5.41) is 3.51. The van der Waals surface area contributed by atoms with Crippen LogP contribution in [0.2, 0.25) is 5.02 Å². The van der Waals surface area contributed by atoms with Crippen LogP contribution in [0.5, 0.6) is 11.5 Å². The molecule has 0 aliphatic heterocycles. The fourth-order valence-electron chi connectivity index (χ4n) is 2.66. The molecule has 0 aromatic heterocycles. The topological polar surface area (TPSA) is 50.8 Å². The number of ether oxygens (including phenoxy) is 2. The number of hydrogen-bond acceptors (Lipinski definition) is 4. The number of halogens is 1. The number of benzene rings is 2. The van der Waals surface area contributed by atoms with Crippen LogP contribution < -0.4 is 14.8 Å². The molecule has 2 aromatic rings. The van der Waals surface area contributed by atoms with E-state index < -0.39 is 0 Å². The number of anilines is 1. The number of methoxy groups -OCH3 is 2. The van der Waals surface area contributed by atoms with Crippen molar-refractivity contribution in [3.8, 4) is 11.5 Å². The molecular weight excluding hydrogens is 352 g/mol. The summed E-state index contributed by atoms with van der Waals surface area (Å²) < 4.78 is 10.7. The van der Waals surface area contributed by atoms with Crippen LogP contribution in [0.25, 0.3) is 0 Å². The number of aryl methyl sites for hydroxylation is 2. The maximum atomic E-state index is 12.3. The highest BCUT2D eigenvalue weighted by Crippen LogP contribution is 2.30. The predicted octanol–water partition coefficient (Wildman–Crippen LogP) is 4.04. The molecule has 5 nitrogen and oxygen atoms in total. The van der Waals surface area contributed by atoms with E-state index in [1.54, 1.807) is 20.3 Å². The molecule has 0 bridgehead atoms. The summed E-state index contributed by atoms with van der Waals surface area (Å²) in [4.78, 5) is 14.2. The summed E-state index contributed by atoms with van der Waals surface area (Å²) in [5.41, 5.74) is 3.84. The molecule has 0 spiro atoms. The smallest absolute Gasteiger partial charge is 0.238 e. The zero-order valence-corrected chi connectivity index (χ0v) is 16.6. The number of rotatable bonds is 7. The van der Waals surface area contributed by atoms with Gasteiger partial charge in [0.25, 0.3) is 0 Å². The second kappa shape index (κ2) is 8.92. The number of nitrogens with one attached hydrogen (secondary N) is 1. The third kappa shape index (κ3) is 5.13. The first-order valence-corrected chi connectivity index (χ1v) is 8.68. The van der Waals surface area contributed by atoms with Crippen LogP contribution in [0.1, 0.15) is 16.7 Å². The fourth-order valence-corrected chi connectivity index (χ4v) is 2.84. The van der Waals surface area contributed by atoms with Crippen molar-refractivity contribution in [2.45, 2.75) is 20.4 Å². The maximum Gasteiger partial charge on any atom is 0.238 e. The highest BCUT2D eigenvalue weighted by molar-refractivity contribution is 6.31. The Labute approximate surface area is 159 Å². The van der Waals surface area contributed by atoms with Crippen molar-refractivity contribution in [2.24, 2.45) is 0 Å². The van der Waals surface area contributed by atoms with Crippen LogP contribution in [0, 0.1) is 13.8 Å². The molecule has 0 fully saturated rings. The summed E-state index contributed by atoms with van der Waals surface area (Å²) in [7, 11) is 5.13. The van der Waals surface area contributed by atoms with Crippen LogP contribution in [0.4, 0.5) is 5.69 Å². The standard InChI is InChI=1S/C20H25ClN2O3/c1-13-6-7-16(10-17(13)21)22-20(24)12-23(3)11-15-9-19(26-5)18(25-4)8-14(15)2/h6-10H,11-12H2,1-5H3,(H,22,24). The van der Waals surface area contributed by atoms with Crippen molar-refractivity contribution in [1.29, 1.82) is 0 Å². The number of likely N-dealkylation sites (N-methyl/N-ethyl adjacent to an activating group) is 1. The molecule has 0 heterocycles. The van der Waals surface area contributed by atoms with Crippen molar-refractivity contribution in [2.75, 3.05) is 33.1 Å². The molecular formula is C20H25ClN2O3. The predicted molar refractivity (Wildman–Crippen MR) is 105 cm³/mol. The molecule has 1 amide bonds. The lowest BCUT2D eigenvalue weighted by molar-refractivity contribution is -0.117. The van der Waals surface area contributed by atoms with E-state index in [-0.39, 0.29) is 12.5 Å². The third-order valence-corrected chi connectivity index (χ3v) is 4.56. The number of amides is 1. The first-order valence-electron chi connectivity index (χ1n) is 8.30. The van der Waals surface area contributed by atoms with Crippen LogP contribution in [0.3, 0.4) is 0 Å². The minimum atomic E-state index is -0.0921. The molecule has 0 saturated carbocycles.